The summed E-state index contributed by atoms with van der Waals surface area (Å²) >= 11 is 1.50. The molecule has 1 fully saturated rings. The Morgan fingerprint density at radius 2 is 2.33 bits per heavy atom. The maximum absolute atomic E-state index is 12.0. The van der Waals surface area contributed by atoms with Crippen LogP contribution in [0.2, 0.25) is 0 Å². The number of nitrogens with one attached hydrogen (secondary N) is 1. The average Bonchev–Trinajstić information content (AvgIpc) is 2.91. The summed E-state index contributed by atoms with van der Waals surface area (Å²) < 4.78 is 5.13. The number of carbonyl (C=O) groups excluding carboxylic acids is 1. The molecule has 100 valence electrons. The third-order valence-electron chi connectivity index (χ3n) is 3.23. The zero-order valence-corrected chi connectivity index (χ0v) is 11.5. The van der Waals surface area contributed by atoms with Crippen LogP contribution >= 0.6 is 11.3 Å². The molecule has 1 saturated carbocycles. The molecule has 5 heteroatoms. The molecule has 0 bridgehead atoms. The van der Waals surface area contributed by atoms with Crippen LogP contribution in [0.5, 0.6) is 0 Å². The molecular formula is C13H20N2O2S. The largest absolute Gasteiger partial charge is 0.465 e. The fourth-order valence-corrected chi connectivity index (χ4v) is 3.03. The van der Waals surface area contributed by atoms with E-state index in [1.165, 1.54) is 30.6 Å². The van der Waals surface area contributed by atoms with Crippen molar-refractivity contribution in [1.29, 1.82) is 0 Å². The van der Waals surface area contributed by atoms with Gasteiger partial charge in [-0.2, -0.15) is 0 Å². The molecule has 1 atom stereocenters. The molecule has 1 aliphatic rings. The molecule has 0 spiro atoms. The minimum atomic E-state index is -0.395. The van der Waals surface area contributed by atoms with Crippen molar-refractivity contribution in [3.05, 3.63) is 16.6 Å². The van der Waals surface area contributed by atoms with Gasteiger partial charge in [0, 0.05) is 17.6 Å². The van der Waals surface area contributed by atoms with Gasteiger partial charge in [0.2, 0.25) is 0 Å². The molecule has 0 aromatic carbocycles. The van der Waals surface area contributed by atoms with Gasteiger partial charge in [0.25, 0.3) is 0 Å². The smallest absolute Gasteiger partial charge is 0.330 e. The molecule has 0 aliphatic heterocycles. The van der Waals surface area contributed by atoms with E-state index in [9.17, 15) is 4.79 Å². The first-order chi connectivity index (χ1) is 8.81. The van der Waals surface area contributed by atoms with Gasteiger partial charge in [-0.25, -0.2) is 9.78 Å². The second-order valence-corrected chi connectivity index (χ2v) is 5.48. The van der Waals surface area contributed by atoms with Crippen LogP contribution in [0.1, 0.15) is 50.1 Å². The Bertz CT molecular complexity index is 361. The Morgan fingerprint density at radius 3 is 2.94 bits per heavy atom. The molecule has 18 heavy (non-hydrogen) atoms. The summed E-state index contributed by atoms with van der Waals surface area (Å²) in [7, 11) is 0. The number of nitrogens with zero attached hydrogens (tertiary/aromatic N) is 1. The number of thiazole rings is 1. The lowest BCUT2D eigenvalue weighted by Gasteiger charge is -2.26. The number of hydrogen-bond donors (Lipinski definition) is 1. The van der Waals surface area contributed by atoms with E-state index >= 15 is 0 Å². The van der Waals surface area contributed by atoms with Gasteiger partial charge in [-0.15, -0.1) is 11.3 Å². The molecule has 1 aromatic rings. The molecular weight excluding hydrogens is 248 g/mol. The standard InChI is InChI=1S/C13H20N2O2S/c1-2-17-13(16)11(12-14-8-9-18-12)15-10-6-4-3-5-7-10/h8-11,15H,2-7H2,1H3. The molecule has 0 radical (unpaired) electrons. The highest BCUT2D eigenvalue weighted by Crippen LogP contribution is 2.23. The van der Waals surface area contributed by atoms with Crippen molar-refractivity contribution in [2.45, 2.75) is 51.1 Å². The van der Waals surface area contributed by atoms with Crippen molar-refractivity contribution in [3.63, 3.8) is 0 Å². The molecule has 1 heterocycles. The van der Waals surface area contributed by atoms with Crippen LogP contribution < -0.4 is 5.32 Å². The van der Waals surface area contributed by atoms with Crippen LogP contribution in [0, 0.1) is 0 Å². The molecule has 1 N–H and O–H groups in total. The quantitative estimate of drug-likeness (QED) is 0.834. The first kappa shape index (κ1) is 13.5. The van der Waals surface area contributed by atoms with Gasteiger partial charge in [0.05, 0.1) is 6.61 Å². The molecule has 4 nitrogen and oxygen atoms in total. The number of rotatable bonds is 5. The predicted molar refractivity (Wildman–Crippen MR) is 71.5 cm³/mol. The van der Waals surface area contributed by atoms with Crippen LogP contribution in [-0.4, -0.2) is 23.6 Å². The van der Waals surface area contributed by atoms with Crippen molar-refractivity contribution < 1.29 is 9.53 Å². The van der Waals surface area contributed by atoms with Gasteiger partial charge >= 0.3 is 5.97 Å². The second kappa shape index (κ2) is 6.85. The first-order valence-electron chi connectivity index (χ1n) is 6.63. The van der Waals surface area contributed by atoms with E-state index in [-0.39, 0.29) is 5.97 Å². The van der Waals surface area contributed by atoms with E-state index in [0.717, 1.165) is 17.8 Å². The van der Waals surface area contributed by atoms with Crippen molar-refractivity contribution in [3.8, 4) is 0 Å². The van der Waals surface area contributed by atoms with E-state index in [1.54, 1.807) is 6.20 Å². The third kappa shape index (κ3) is 3.53. The zero-order valence-electron chi connectivity index (χ0n) is 10.7. The molecule has 0 saturated heterocycles. The minimum Gasteiger partial charge on any atom is -0.465 e. The Hall–Kier alpha value is -0.940. The Kier molecular flexibility index (Phi) is 5.13. The number of esters is 1. The summed E-state index contributed by atoms with van der Waals surface area (Å²) in [5.74, 6) is -0.210. The lowest BCUT2D eigenvalue weighted by Crippen LogP contribution is -2.39. The van der Waals surface area contributed by atoms with E-state index in [0.29, 0.717) is 12.6 Å². The van der Waals surface area contributed by atoms with E-state index in [4.69, 9.17) is 4.74 Å². The van der Waals surface area contributed by atoms with E-state index < -0.39 is 6.04 Å². The topological polar surface area (TPSA) is 51.2 Å². The predicted octanol–water partition coefficient (Wildman–Crippen LogP) is 2.67. The van der Waals surface area contributed by atoms with Gasteiger partial charge in [0.15, 0.2) is 6.04 Å². The highest BCUT2D eigenvalue weighted by Gasteiger charge is 2.27. The van der Waals surface area contributed by atoms with E-state index in [1.807, 2.05) is 12.3 Å². The van der Waals surface area contributed by atoms with E-state index in [2.05, 4.69) is 10.3 Å². The maximum atomic E-state index is 12.0. The van der Waals surface area contributed by atoms with Gasteiger partial charge in [-0.3, -0.25) is 5.32 Å². The summed E-state index contributed by atoms with van der Waals surface area (Å²) in [6, 6.07) is 0.0186. The van der Waals surface area contributed by atoms with Crippen molar-refractivity contribution in [1.82, 2.24) is 10.3 Å². The Balaban J connectivity index is 2.02. The molecule has 2 rings (SSSR count). The monoisotopic (exact) mass is 268 g/mol. The number of ether oxygens (including phenoxy) is 1. The molecule has 1 unspecified atom stereocenters. The second-order valence-electron chi connectivity index (χ2n) is 4.56. The molecule has 0 amide bonds. The minimum absolute atomic E-state index is 0.210. The van der Waals surface area contributed by atoms with Crippen molar-refractivity contribution >= 4 is 17.3 Å². The van der Waals surface area contributed by atoms with Gasteiger partial charge in [-0.05, 0) is 19.8 Å². The highest BCUT2D eigenvalue weighted by atomic mass is 32.1. The van der Waals surface area contributed by atoms with Gasteiger partial charge in [0.1, 0.15) is 5.01 Å². The van der Waals surface area contributed by atoms with Gasteiger partial charge in [-0.1, -0.05) is 19.3 Å². The zero-order chi connectivity index (χ0) is 12.8. The summed E-state index contributed by atoms with van der Waals surface area (Å²) in [6.45, 7) is 2.24. The SMILES string of the molecule is CCOC(=O)C(NC1CCCCC1)c1nccs1. The molecule has 1 aromatic heterocycles. The van der Waals surface area contributed by atoms with Crippen molar-refractivity contribution in [2.75, 3.05) is 6.61 Å². The third-order valence-corrected chi connectivity index (χ3v) is 4.07. The fourth-order valence-electron chi connectivity index (χ4n) is 2.35. The van der Waals surface area contributed by atoms with Crippen LogP contribution in [-0.2, 0) is 9.53 Å². The number of hydrogen-bond acceptors (Lipinski definition) is 5. The average molecular weight is 268 g/mol. The van der Waals surface area contributed by atoms with Crippen LogP contribution in [0.25, 0.3) is 0 Å². The Labute approximate surface area is 112 Å². The summed E-state index contributed by atoms with van der Waals surface area (Å²) in [5.41, 5.74) is 0. The molecule has 1 aliphatic carbocycles. The van der Waals surface area contributed by atoms with Crippen molar-refractivity contribution in [2.24, 2.45) is 0 Å². The normalized spacial score (nSPS) is 18.5. The first-order valence-corrected chi connectivity index (χ1v) is 7.51. The number of carbonyl (C=O) groups is 1. The number of aromatic nitrogens is 1. The fraction of sp³-hybridized carbons (Fsp3) is 0.692. The van der Waals surface area contributed by atoms with Crippen LogP contribution in [0.4, 0.5) is 0 Å². The lowest BCUT2D eigenvalue weighted by atomic mass is 9.95. The Morgan fingerprint density at radius 1 is 1.56 bits per heavy atom. The summed E-state index contributed by atoms with van der Waals surface area (Å²) in [5, 5.41) is 6.11. The van der Waals surface area contributed by atoms with Crippen LogP contribution in [0.15, 0.2) is 11.6 Å². The van der Waals surface area contributed by atoms with Gasteiger partial charge < -0.3 is 4.74 Å². The summed E-state index contributed by atoms with van der Waals surface area (Å²) in [6.07, 6.45) is 7.80. The maximum Gasteiger partial charge on any atom is 0.330 e. The summed E-state index contributed by atoms with van der Waals surface area (Å²) in [4.78, 5) is 16.2. The highest BCUT2D eigenvalue weighted by molar-refractivity contribution is 7.09. The van der Waals surface area contributed by atoms with Crippen LogP contribution in [0.3, 0.4) is 0 Å². The lowest BCUT2D eigenvalue weighted by molar-refractivity contribution is -0.146.